The van der Waals surface area contributed by atoms with Gasteiger partial charge in [-0.1, -0.05) is 18.2 Å². The van der Waals surface area contributed by atoms with Crippen molar-refractivity contribution in [1.82, 2.24) is 15.2 Å². The Labute approximate surface area is 156 Å². The largest absolute Gasteiger partial charge is 0.493 e. The van der Waals surface area contributed by atoms with Gasteiger partial charge >= 0.3 is 0 Å². The molecule has 0 aliphatic carbocycles. The molecule has 3 rings (SSSR count). The van der Waals surface area contributed by atoms with E-state index in [0.29, 0.717) is 36.4 Å². The van der Waals surface area contributed by atoms with Crippen LogP contribution in [0.4, 0.5) is 16.2 Å². The van der Waals surface area contributed by atoms with Crippen molar-refractivity contribution < 1.29 is 13.9 Å². The quantitative estimate of drug-likeness (QED) is 0.631. The molecule has 1 aromatic heterocycles. The fourth-order valence-corrected chi connectivity index (χ4v) is 2.43. The number of methoxy groups -OCH3 is 2. The summed E-state index contributed by atoms with van der Waals surface area (Å²) in [5, 5.41) is 14.2. The van der Waals surface area contributed by atoms with Crippen LogP contribution in [0.3, 0.4) is 0 Å². The molecule has 0 unspecified atom stereocenters. The second-order valence-electron chi connectivity index (χ2n) is 5.69. The van der Waals surface area contributed by atoms with E-state index in [9.17, 15) is 4.39 Å². The molecule has 0 aliphatic heterocycles. The molecule has 27 heavy (non-hydrogen) atoms. The van der Waals surface area contributed by atoms with Crippen molar-refractivity contribution in [3.8, 4) is 11.5 Å². The fraction of sp³-hybridized carbons (Fsp3) is 0.211. The molecule has 0 spiro atoms. The van der Waals surface area contributed by atoms with Crippen LogP contribution in [0.2, 0.25) is 0 Å². The van der Waals surface area contributed by atoms with E-state index in [4.69, 9.17) is 9.47 Å². The smallest absolute Gasteiger partial charge is 0.244 e. The minimum Gasteiger partial charge on any atom is -0.493 e. The first-order valence-corrected chi connectivity index (χ1v) is 8.31. The minimum absolute atomic E-state index is 0.266. The zero-order chi connectivity index (χ0) is 19.1. The van der Waals surface area contributed by atoms with Crippen LogP contribution >= 0.6 is 0 Å². The zero-order valence-corrected chi connectivity index (χ0v) is 15.1. The van der Waals surface area contributed by atoms with E-state index < -0.39 is 0 Å². The van der Waals surface area contributed by atoms with Crippen molar-refractivity contribution in [3.63, 3.8) is 0 Å². The van der Waals surface area contributed by atoms with E-state index in [1.807, 2.05) is 18.2 Å². The summed E-state index contributed by atoms with van der Waals surface area (Å²) >= 11 is 0. The van der Waals surface area contributed by atoms with E-state index in [1.54, 1.807) is 32.5 Å². The molecule has 140 valence electrons. The van der Waals surface area contributed by atoms with Gasteiger partial charge in [0, 0.05) is 13.1 Å². The normalized spacial score (nSPS) is 10.3. The Balaban J connectivity index is 1.59. The van der Waals surface area contributed by atoms with Gasteiger partial charge in [0.25, 0.3) is 0 Å². The third-order valence-electron chi connectivity index (χ3n) is 3.84. The van der Waals surface area contributed by atoms with Crippen LogP contribution in [0.15, 0.2) is 48.7 Å². The van der Waals surface area contributed by atoms with Crippen LogP contribution in [0, 0.1) is 5.82 Å². The molecule has 0 saturated heterocycles. The molecule has 0 fully saturated rings. The highest BCUT2D eigenvalue weighted by molar-refractivity contribution is 5.44. The Morgan fingerprint density at radius 2 is 1.59 bits per heavy atom. The van der Waals surface area contributed by atoms with Gasteiger partial charge in [-0.05, 0) is 35.4 Å². The van der Waals surface area contributed by atoms with Gasteiger partial charge in [-0.3, -0.25) is 0 Å². The highest BCUT2D eigenvalue weighted by atomic mass is 19.1. The molecule has 0 aliphatic rings. The fourth-order valence-electron chi connectivity index (χ4n) is 2.43. The highest BCUT2D eigenvalue weighted by Gasteiger charge is 2.06. The standard InChI is InChI=1S/C19H20FN5O2/c1-26-16-8-5-14(9-17(16)27-2)11-21-18-12-23-25-19(24-18)22-10-13-3-6-15(20)7-4-13/h3-9,12H,10-11H2,1-2H3,(H2,21,22,24,25). The van der Waals surface area contributed by atoms with Crippen molar-refractivity contribution in [1.29, 1.82) is 0 Å². The molecular formula is C19H20FN5O2. The molecule has 7 nitrogen and oxygen atoms in total. The van der Waals surface area contributed by atoms with Gasteiger partial charge in [0.1, 0.15) is 5.82 Å². The molecule has 0 atom stereocenters. The molecule has 8 heteroatoms. The highest BCUT2D eigenvalue weighted by Crippen LogP contribution is 2.27. The van der Waals surface area contributed by atoms with Crippen molar-refractivity contribution in [2.45, 2.75) is 13.1 Å². The number of benzene rings is 2. The van der Waals surface area contributed by atoms with Gasteiger partial charge in [-0.15, -0.1) is 5.10 Å². The number of halogens is 1. The summed E-state index contributed by atoms with van der Waals surface area (Å²) < 4.78 is 23.5. The van der Waals surface area contributed by atoms with Crippen LogP contribution in [-0.4, -0.2) is 29.4 Å². The SMILES string of the molecule is COc1ccc(CNc2cnnc(NCc3ccc(F)cc3)n2)cc1OC. The lowest BCUT2D eigenvalue weighted by atomic mass is 10.2. The summed E-state index contributed by atoms with van der Waals surface area (Å²) in [6.45, 7) is 1.01. The van der Waals surface area contributed by atoms with Crippen molar-refractivity contribution in [2.24, 2.45) is 0 Å². The Bertz CT molecular complexity index is 890. The molecule has 0 radical (unpaired) electrons. The summed E-state index contributed by atoms with van der Waals surface area (Å²) in [6.07, 6.45) is 1.55. The monoisotopic (exact) mass is 369 g/mol. The predicted molar refractivity (Wildman–Crippen MR) is 100 cm³/mol. The van der Waals surface area contributed by atoms with Gasteiger partial charge in [0.15, 0.2) is 17.3 Å². The summed E-state index contributed by atoms with van der Waals surface area (Å²) in [7, 11) is 3.20. The number of anilines is 2. The second-order valence-corrected chi connectivity index (χ2v) is 5.69. The van der Waals surface area contributed by atoms with Crippen LogP contribution in [0.25, 0.3) is 0 Å². The lowest BCUT2D eigenvalue weighted by Crippen LogP contribution is -2.08. The molecular weight excluding hydrogens is 349 g/mol. The molecule has 3 aromatic rings. The first kappa shape index (κ1) is 18.4. The number of nitrogens with zero attached hydrogens (tertiary/aromatic N) is 3. The van der Waals surface area contributed by atoms with Crippen LogP contribution < -0.4 is 20.1 Å². The van der Waals surface area contributed by atoms with Gasteiger partial charge in [0.2, 0.25) is 5.95 Å². The summed E-state index contributed by atoms with van der Waals surface area (Å²) in [5.41, 5.74) is 1.93. The molecule has 0 saturated carbocycles. The summed E-state index contributed by atoms with van der Waals surface area (Å²) in [4.78, 5) is 4.37. The molecule has 2 N–H and O–H groups in total. The summed E-state index contributed by atoms with van der Waals surface area (Å²) in [5.74, 6) is 2.05. The second kappa shape index (κ2) is 8.79. The lowest BCUT2D eigenvalue weighted by Gasteiger charge is -2.11. The van der Waals surface area contributed by atoms with Crippen molar-refractivity contribution >= 4 is 11.8 Å². The van der Waals surface area contributed by atoms with Crippen LogP contribution in [-0.2, 0) is 13.1 Å². The van der Waals surface area contributed by atoms with Gasteiger partial charge in [-0.25, -0.2) is 4.39 Å². The van der Waals surface area contributed by atoms with E-state index in [0.717, 1.165) is 11.1 Å². The van der Waals surface area contributed by atoms with Crippen LogP contribution in [0.5, 0.6) is 11.5 Å². The number of ether oxygens (including phenoxy) is 2. The Hall–Kier alpha value is -3.42. The lowest BCUT2D eigenvalue weighted by molar-refractivity contribution is 0.354. The van der Waals surface area contributed by atoms with Gasteiger partial charge in [-0.2, -0.15) is 10.1 Å². The van der Waals surface area contributed by atoms with Crippen molar-refractivity contribution in [2.75, 3.05) is 24.9 Å². The van der Waals surface area contributed by atoms with Crippen molar-refractivity contribution in [3.05, 3.63) is 65.6 Å². The Kier molecular flexibility index (Phi) is 5.98. The number of nitrogens with one attached hydrogen (secondary N) is 2. The third kappa shape index (κ3) is 5.04. The minimum atomic E-state index is -0.266. The van der Waals surface area contributed by atoms with Gasteiger partial charge < -0.3 is 20.1 Å². The Morgan fingerprint density at radius 3 is 2.33 bits per heavy atom. The molecule has 0 bridgehead atoms. The van der Waals surface area contributed by atoms with Crippen LogP contribution in [0.1, 0.15) is 11.1 Å². The molecule has 2 aromatic carbocycles. The number of hydrogen-bond acceptors (Lipinski definition) is 7. The number of hydrogen-bond donors (Lipinski definition) is 2. The average Bonchev–Trinajstić information content (AvgIpc) is 2.72. The van der Waals surface area contributed by atoms with E-state index in [2.05, 4.69) is 25.8 Å². The molecule has 1 heterocycles. The number of rotatable bonds is 8. The maximum Gasteiger partial charge on any atom is 0.244 e. The van der Waals surface area contributed by atoms with Gasteiger partial charge in [0.05, 0.1) is 20.4 Å². The van der Waals surface area contributed by atoms with E-state index in [-0.39, 0.29) is 5.82 Å². The average molecular weight is 369 g/mol. The zero-order valence-electron chi connectivity index (χ0n) is 15.1. The third-order valence-corrected chi connectivity index (χ3v) is 3.84. The number of aromatic nitrogens is 3. The maximum atomic E-state index is 12.9. The Morgan fingerprint density at radius 1 is 0.889 bits per heavy atom. The summed E-state index contributed by atoms with van der Waals surface area (Å²) in [6, 6.07) is 11.9. The van der Waals surface area contributed by atoms with E-state index >= 15 is 0 Å². The van der Waals surface area contributed by atoms with E-state index in [1.165, 1.54) is 12.1 Å². The molecule has 0 amide bonds. The predicted octanol–water partition coefficient (Wildman–Crippen LogP) is 3.25. The first-order chi connectivity index (χ1) is 13.2. The maximum absolute atomic E-state index is 12.9. The topological polar surface area (TPSA) is 81.2 Å². The first-order valence-electron chi connectivity index (χ1n) is 8.31.